The van der Waals surface area contributed by atoms with Crippen molar-refractivity contribution >= 4 is 39.5 Å². The van der Waals surface area contributed by atoms with Gasteiger partial charge in [0.25, 0.3) is 0 Å². The highest BCUT2D eigenvalue weighted by molar-refractivity contribution is 7.15. The molecule has 0 spiro atoms. The first kappa shape index (κ1) is 13.9. The maximum absolute atomic E-state index is 6.20. The van der Waals surface area contributed by atoms with Crippen LogP contribution in [0.5, 0.6) is 0 Å². The molecule has 0 fully saturated rings. The molecule has 20 heavy (non-hydrogen) atoms. The summed E-state index contributed by atoms with van der Waals surface area (Å²) in [4.78, 5) is 5.52. The highest BCUT2D eigenvalue weighted by atomic mass is 35.5. The lowest BCUT2D eigenvalue weighted by Crippen LogP contribution is -2.26. The van der Waals surface area contributed by atoms with Crippen molar-refractivity contribution in [3.05, 3.63) is 57.3 Å². The van der Waals surface area contributed by atoms with Gasteiger partial charge in [0.1, 0.15) is 0 Å². The van der Waals surface area contributed by atoms with Gasteiger partial charge in [-0.1, -0.05) is 29.3 Å². The van der Waals surface area contributed by atoms with Crippen LogP contribution in [0.4, 0.5) is 0 Å². The van der Waals surface area contributed by atoms with Crippen molar-refractivity contribution in [3.63, 3.8) is 0 Å². The third-order valence-corrected chi connectivity index (χ3v) is 4.62. The van der Waals surface area contributed by atoms with E-state index in [0.717, 1.165) is 16.2 Å². The van der Waals surface area contributed by atoms with Crippen molar-refractivity contribution in [1.82, 2.24) is 9.38 Å². The molecule has 1 atom stereocenters. The van der Waals surface area contributed by atoms with Crippen LogP contribution in [-0.2, 0) is 12.8 Å². The lowest BCUT2D eigenvalue weighted by molar-refractivity contribution is 0.657. The minimum absolute atomic E-state index is 0.0583. The van der Waals surface area contributed by atoms with Gasteiger partial charge in [-0.2, -0.15) is 0 Å². The highest BCUT2D eigenvalue weighted by Crippen LogP contribution is 2.25. The minimum atomic E-state index is -0.0583. The number of benzene rings is 1. The minimum Gasteiger partial charge on any atom is -0.327 e. The third-order valence-electron chi connectivity index (χ3n) is 3.14. The van der Waals surface area contributed by atoms with Gasteiger partial charge >= 0.3 is 0 Å². The molecule has 1 unspecified atom stereocenters. The van der Waals surface area contributed by atoms with Crippen molar-refractivity contribution in [2.45, 2.75) is 18.9 Å². The standard InChI is InChI=1S/C14H13Cl2N3S/c15-12-2-1-3-13(16)11(12)7-9(17)6-10-8-19-4-5-20-14(19)18-10/h1-5,8-9H,6-7,17H2. The van der Waals surface area contributed by atoms with E-state index in [1.807, 2.05) is 40.4 Å². The van der Waals surface area contributed by atoms with E-state index in [1.165, 1.54) is 0 Å². The molecule has 0 saturated heterocycles. The normalized spacial score (nSPS) is 12.9. The summed E-state index contributed by atoms with van der Waals surface area (Å²) in [5.74, 6) is 0. The third kappa shape index (κ3) is 2.83. The van der Waals surface area contributed by atoms with E-state index in [0.29, 0.717) is 22.9 Å². The van der Waals surface area contributed by atoms with Crippen LogP contribution in [0.3, 0.4) is 0 Å². The molecule has 1 aromatic carbocycles. The van der Waals surface area contributed by atoms with Crippen LogP contribution >= 0.6 is 34.5 Å². The molecule has 0 saturated carbocycles. The van der Waals surface area contributed by atoms with E-state index in [-0.39, 0.29) is 6.04 Å². The summed E-state index contributed by atoms with van der Waals surface area (Å²) in [6.07, 6.45) is 5.35. The van der Waals surface area contributed by atoms with Gasteiger partial charge in [0, 0.05) is 40.3 Å². The molecule has 0 bridgehead atoms. The van der Waals surface area contributed by atoms with Gasteiger partial charge in [0.15, 0.2) is 4.96 Å². The summed E-state index contributed by atoms with van der Waals surface area (Å²) in [6.45, 7) is 0. The predicted octanol–water partition coefficient (Wildman–Crippen LogP) is 3.82. The van der Waals surface area contributed by atoms with Crippen molar-refractivity contribution < 1.29 is 0 Å². The topological polar surface area (TPSA) is 43.3 Å². The smallest absolute Gasteiger partial charge is 0.193 e. The first-order valence-electron chi connectivity index (χ1n) is 6.23. The van der Waals surface area contributed by atoms with E-state index in [1.54, 1.807) is 11.3 Å². The molecule has 3 aromatic rings. The second-order valence-corrected chi connectivity index (χ2v) is 6.38. The van der Waals surface area contributed by atoms with Crippen LogP contribution in [0.15, 0.2) is 36.0 Å². The molecule has 3 rings (SSSR count). The van der Waals surface area contributed by atoms with Crippen LogP contribution in [0.25, 0.3) is 4.96 Å². The first-order valence-corrected chi connectivity index (χ1v) is 7.86. The number of rotatable bonds is 4. The van der Waals surface area contributed by atoms with E-state index >= 15 is 0 Å². The molecule has 2 N–H and O–H groups in total. The number of hydrogen-bond donors (Lipinski definition) is 1. The molecule has 0 radical (unpaired) electrons. The fraction of sp³-hybridized carbons (Fsp3) is 0.214. The molecule has 3 nitrogen and oxygen atoms in total. The maximum Gasteiger partial charge on any atom is 0.193 e. The quantitative estimate of drug-likeness (QED) is 0.792. The average molecular weight is 326 g/mol. The zero-order valence-electron chi connectivity index (χ0n) is 10.6. The van der Waals surface area contributed by atoms with Crippen molar-refractivity contribution in [1.29, 1.82) is 0 Å². The van der Waals surface area contributed by atoms with Gasteiger partial charge in [0.05, 0.1) is 5.69 Å². The summed E-state index contributed by atoms with van der Waals surface area (Å²) in [7, 11) is 0. The Kier molecular flexibility index (Phi) is 3.98. The SMILES string of the molecule is NC(Cc1cn2ccsc2n1)Cc1c(Cl)cccc1Cl. The number of imidazole rings is 1. The second-order valence-electron chi connectivity index (χ2n) is 4.69. The number of aromatic nitrogens is 2. The Morgan fingerprint density at radius 1 is 1.25 bits per heavy atom. The van der Waals surface area contributed by atoms with Crippen molar-refractivity contribution in [2.24, 2.45) is 5.73 Å². The molecular weight excluding hydrogens is 313 g/mol. The van der Waals surface area contributed by atoms with Crippen molar-refractivity contribution in [3.8, 4) is 0 Å². The van der Waals surface area contributed by atoms with E-state index in [4.69, 9.17) is 28.9 Å². The maximum atomic E-state index is 6.20. The van der Waals surface area contributed by atoms with Crippen molar-refractivity contribution in [2.75, 3.05) is 0 Å². The fourth-order valence-electron chi connectivity index (χ4n) is 2.20. The lowest BCUT2D eigenvalue weighted by atomic mass is 10.0. The van der Waals surface area contributed by atoms with Gasteiger partial charge in [-0.15, -0.1) is 11.3 Å². The number of halogens is 2. The zero-order chi connectivity index (χ0) is 14.1. The lowest BCUT2D eigenvalue weighted by Gasteiger charge is -2.12. The van der Waals surface area contributed by atoms with Crippen LogP contribution in [0.1, 0.15) is 11.3 Å². The summed E-state index contributed by atoms with van der Waals surface area (Å²) >= 11 is 13.9. The van der Waals surface area contributed by atoms with Crippen LogP contribution in [0, 0.1) is 0 Å². The molecule has 0 aliphatic carbocycles. The number of nitrogens with two attached hydrogens (primary N) is 1. The Morgan fingerprint density at radius 2 is 2.00 bits per heavy atom. The Morgan fingerprint density at radius 3 is 2.70 bits per heavy atom. The number of thiazole rings is 1. The number of hydrogen-bond acceptors (Lipinski definition) is 3. The molecule has 2 aromatic heterocycles. The molecule has 2 heterocycles. The van der Waals surface area contributed by atoms with Crippen LogP contribution < -0.4 is 5.73 Å². The van der Waals surface area contributed by atoms with Gasteiger partial charge in [-0.3, -0.25) is 4.40 Å². The Labute approximate surface area is 131 Å². The van der Waals surface area contributed by atoms with E-state index in [9.17, 15) is 0 Å². The molecule has 0 aliphatic heterocycles. The average Bonchev–Trinajstić information content (AvgIpc) is 2.94. The number of fused-ring (bicyclic) bond motifs is 1. The largest absolute Gasteiger partial charge is 0.327 e. The molecule has 6 heteroatoms. The van der Waals surface area contributed by atoms with Gasteiger partial charge in [0.2, 0.25) is 0 Å². The molecule has 0 amide bonds. The number of nitrogens with zero attached hydrogens (tertiary/aromatic N) is 2. The van der Waals surface area contributed by atoms with E-state index < -0.39 is 0 Å². The van der Waals surface area contributed by atoms with Crippen LogP contribution in [-0.4, -0.2) is 15.4 Å². The first-order chi connectivity index (χ1) is 9.63. The van der Waals surface area contributed by atoms with Gasteiger partial charge in [-0.05, 0) is 24.1 Å². The Balaban J connectivity index is 1.73. The zero-order valence-corrected chi connectivity index (χ0v) is 12.9. The fourth-order valence-corrected chi connectivity index (χ4v) is 3.48. The molecule has 104 valence electrons. The molecule has 0 aliphatic rings. The van der Waals surface area contributed by atoms with Gasteiger partial charge in [-0.25, -0.2) is 4.98 Å². The Bertz CT molecular complexity index is 686. The Hall–Kier alpha value is -1.07. The monoisotopic (exact) mass is 325 g/mol. The molecular formula is C14H13Cl2N3S. The van der Waals surface area contributed by atoms with Crippen LogP contribution in [0.2, 0.25) is 10.0 Å². The second kappa shape index (κ2) is 5.74. The van der Waals surface area contributed by atoms with E-state index in [2.05, 4.69) is 4.98 Å². The summed E-state index contributed by atoms with van der Waals surface area (Å²) in [6, 6.07) is 5.45. The summed E-state index contributed by atoms with van der Waals surface area (Å²) in [5.41, 5.74) is 8.10. The summed E-state index contributed by atoms with van der Waals surface area (Å²) < 4.78 is 2.01. The summed E-state index contributed by atoms with van der Waals surface area (Å²) in [5, 5.41) is 3.34. The highest BCUT2D eigenvalue weighted by Gasteiger charge is 2.13. The predicted molar refractivity (Wildman–Crippen MR) is 84.9 cm³/mol. The van der Waals surface area contributed by atoms with Gasteiger partial charge < -0.3 is 5.73 Å².